The summed E-state index contributed by atoms with van der Waals surface area (Å²) in [5.74, 6) is 0.513. The molecule has 5 heteroatoms. The van der Waals surface area contributed by atoms with E-state index in [-0.39, 0.29) is 5.82 Å². The van der Waals surface area contributed by atoms with E-state index in [1.165, 1.54) is 17.7 Å². The first kappa shape index (κ1) is 14.8. The topological polar surface area (TPSA) is 37.8 Å². The average Bonchev–Trinajstić information content (AvgIpc) is 3.01. The molecule has 0 aliphatic carbocycles. The Hall–Kier alpha value is -2.79. The molecule has 3 nitrogen and oxygen atoms in total. The molecule has 0 radical (unpaired) electrons. The molecule has 2 aromatic heterocycles. The average molecular weight is 335 g/mol. The highest BCUT2D eigenvalue weighted by Gasteiger charge is 2.13. The smallest absolute Gasteiger partial charge is 0.143 e. The molecule has 2 aromatic carbocycles. The van der Waals surface area contributed by atoms with Crippen LogP contribution in [0.5, 0.6) is 0 Å². The van der Waals surface area contributed by atoms with E-state index in [4.69, 9.17) is 0 Å². The number of nitrogens with one attached hydrogen (secondary N) is 1. The van der Waals surface area contributed by atoms with Gasteiger partial charge in [-0.3, -0.25) is 0 Å². The number of thiophene rings is 1. The summed E-state index contributed by atoms with van der Waals surface area (Å²) in [4.78, 5) is 9.68. The molecule has 4 rings (SSSR count). The normalized spacial score (nSPS) is 10.9. The van der Waals surface area contributed by atoms with Crippen molar-refractivity contribution in [1.82, 2.24) is 9.97 Å². The Balaban J connectivity index is 1.84. The molecule has 0 bridgehead atoms. The Morgan fingerprint density at radius 2 is 1.88 bits per heavy atom. The van der Waals surface area contributed by atoms with Crippen LogP contribution in [0.2, 0.25) is 0 Å². The van der Waals surface area contributed by atoms with Gasteiger partial charge in [0.1, 0.15) is 22.8 Å². The summed E-state index contributed by atoms with van der Waals surface area (Å²) in [6, 6.07) is 14.6. The molecule has 4 aromatic rings. The van der Waals surface area contributed by atoms with Gasteiger partial charge in [-0.25, -0.2) is 14.4 Å². The van der Waals surface area contributed by atoms with Crippen LogP contribution in [-0.2, 0) is 0 Å². The van der Waals surface area contributed by atoms with Crippen LogP contribution in [0.3, 0.4) is 0 Å². The van der Waals surface area contributed by atoms with E-state index >= 15 is 0 Å². The van der Waals surface area contributed by atoms with Gasteiger partial charge in [0, 0.05) is 16.6 Å². The highest BCUT2D eigenvalue weighted by molar-refractivity contribution is 7.17. The highest BCUT2D eigenvalue weighted by atomic mass is 32.1. The number of aryl methyl sites for hydroxylation is 1. The van der Waals surface area contributed by atoms with Gasteiger partial charge in [-0.1, -0.05) is 24.3 Å². The first-order chi connectivity index (χ1) is 11.7. The third-order valence-electron chi connectivity index (χ3n) is 3.81. The standard InChI is InChI=1S/C19H14FN3S/c1-12-3-2-4-15(9-12)23-18-17-16(10-24-19(17)22-11-21-18)13-5-7-14(20)8-6-13/h2-11H,1H3,(H,21,22,23). The van der Waals surface area contributed by atoms with Crippen LogP contribution in [-0.4, -0.2) is 9.97 Å². The lowest BCUT2D eigenvalue weighted by molar-refractivity contribution is 0.628. The van der Waals surface area contributed by atoms with Crippen molar-refractivity contribution in [2.45, 2.75) is 6.92 Å². The lowest BCUT2D eigenvalue weighted by atomic mass is 10.1. The Morgan fingerprint density at radius 1 is 1.04 bits per heavy atom. The van der Waals surface area contributed by atoms with Crippen LogP contribution >= 0.6 is 11.3 Å². The SMILES string of the molecule is Cc1cccc(Nc2ncnc3scc(-c4ccc(F)cc4)c23)c1. The van der Waals surface area contributed by atoms with Gasteiger partial charge in [0.05, 0.1) is 5.39 Å². The minimum absolute atomic E-state index is 0.243. The van der Waals surface area contributed by atoms with E-state index < -0.39 is 0 Å². The van der Waals surface area contributed by atoms with Crippen LogP contribution in [0, 0.1) is 12.7 Å². The van der Waals surface area contributed by atoms with Gasteiger partial charge in [0.25, 0.3) is 0 Å². The Bertz CT molecular complexity index is 1010. The maximum atomic E-state index is 13.2. The number of fused-ring (bicyclic) bond motifs is 1. The Labute approximate surface area is 142 Å². The fraction of sp³-hybridized carbons (Fsp3) is 0.0526. The summed E-state index contributed by atoms with van der Waals surface area (Å²) >= 11 is 1.56. The van der Waals surface area contributed by atoms with E-state index in [1.54, 1.807) is 29.8 Å². The van der Waals surface area contributed by atoms with Gasteiger partial charge < -0.3 is 5.32 Å². The summed E-state index contributed by atoms with van der Waals surface area (Å²) in [5, 5.41) is 6.37. The first-order valence-electron chi connectivity index (χ1n) is 7.52. The number of rotatable bonds is 3. The summed E-state index contributed by atoms with van der Waals surface area (Å²) < 4.78 is 13.2. The zero-order valence-corrected chi connectivity index (χ0v) is 13.8. The van der Waals surface area contributed by atoms with Crippen molar-refractivity contribution < 1.29 is 4.39 Å². The maximum absolute atomic E-state index is 13.2. The number of halogens is 1. The number of anilines is 2. The van der Waals surface area contributed by atoms with Gasteiger partial charge >= 0.3 is 0 Å². The lowest BCUT2D eigenvalue weighted by Gasteiger charge is -2.09. The number of nitrogens with zero attached hydrogens (tertiary/aromatic N) is 2. The monoisotopic (exact) mass is 335 g/mol. The summed E-state index contributed by atoms with van der Waals surface area (Å²) in [6.45, 7) is 2.05. The van der Waals surface area contributed by atoms with Crippen molar-refractivity contribution in [3.8, 4) is 11.1 Å². The molecule has 0 spiro atoms. The third kappa shape index (κ3) is 2.74. The molecule has 24 heavy (non-hydrogen) atoms. The van der Waals surface area contributed by atoms with E-state index in [1.807, 2.05) is 17.5 Å². The fourth-order valence-electron chi connectivity index (χ4n) is 2.67. The van der Waals surface area contributed by atoms with Crippen molar-refractivity contribution >= 4 is 33.1 Å². The minimum atomic E-state index is -0.243. The molecule has 1 N–H and O–H groups in total. The van der Waals surface area contributed by atoms with Crippen LogP contribution in [0.4, 0.5) is 15.9 Å². The molecular formula is C19H14FN3S. The molecule has 0 fully saturated rings. The third-order valence-corrected chi connectivity index (χ3v) is 4.69. The second-order valence-corrected chi connectivity index (χ2v) is 6.41. The van der Waals surface area contributed by atoms with Crippen molar-refractivity contribution in [3.63, 3.8) is 0 Å². The predicted molar refractivity (Wildman–Crippen MR) is 97.3 cm³/mol. The lowest BCUT2D eigenvalue weighted by Crippen LogP contribution is -1.95. The molecule has 118 valence electrons. The Morgan fingerprint density at radius 3 is 2.67 bits per heavy atom. The van der Waals surface area contributed by atoms with E-state index in [2.05, 4.69) is 34.3 Å². The molecule has 0 aliphatic heterocycles. The van der Waals surface area contributed by atoms with Gasteiger partial charge in [0.15, 0.2) is 0 Å². The quantitative estimate of drug-likeness (QED) is 0.533. The second-order valence-electron chi connectivity index (χ2n) is 5.55. The molecule has 0 saturated heterocycles. The zero-order valence-electron chi connectivity index (χ0n) is 13.0. The number of hydrogen-bond acceptors (Lipinski definition) is 4. The number of aromatic nitrogens is 2. The van der Waals surface area contributed by atoms with Gasteiger partial charge in [-0.2, -0.15) is 0 Å². The van der Waals surface area contributed by atoms with Gasteiger partial charge in [-0.15, -0.1) is 11.3 Å². The van der Waals surface area contributed by atoms with Crippen LogP contribution in [0.1, 0.15) is 5.56 Å². The largest absolute Gasteiger partial charge is 0.340 e. The molecule has 0 amide bonds. The molecule has 0 unspecified atom stereocenters. The molecule has 0 aliphatic rings. The van der Waals surface area contributed by atoms with Crippen molar-refractivity contribution in [3.05, 3.63) is 71.6 Å². The van der Waals surface area contributed by atoms with Gasteiger partial charge in [0.2, 0.25) is 0 Å². The second kappa shape index (κ2) is 6.02. The molecule has 0 atom stereocenters. The van der Waals surface area contributed by atoms with E-state index in [0.717, 1.165) is 32.8 Å². The number of benzene rings is 2. The summed E-state index contributed by atoms with van der Waals surface area (Å²) in [7, 11) is 0. The highest BCUT2D eigenvalue weighted by Crippen LogP contribution is 2.37. The molecule has 2 heterocycles. The van der Waals surface area contributed by atoms with Crippen molar-refractivity contribution in [2.75, 3.05) is 5.32 Å². The van der Waals surface area contributed by atoms with Crippen molar-refractivity contribution in [1.29, 1.82) is 0 Å². The molecule has 0 saturated carbocycles. The zero-order chi connectivity index (χ0) is 16.5. The summed E-state index contributed by atoms with van der Waals surface area (Å²) in [6.07, 6.45) is 1.56. The van der Waals surface area contributed by atoms with Crippen LogP contribution < -0.4 is 5.32 Å². The van der Waals surface area contributed by atoms with E-state index in [9.17, 15) is 4.39 Å². The first-order valence-corrected chi connectivity index (χ1v) is 8.40. The predicted octanol–water partition coefficient (Wildman–Crippen LogP) is 5.55. The minimum Gasteiger partial charge on any atom is -0.340 e. The maximum Gasteiger partial charge on any atom is 0.143 e. The van der Waals surface area contributed by atoms with Crippen LogP contribution in [0.25, 0.3) is 21.3 Å². The summed E-state index contributed by atoms with van der Waals surface area (Å²) in [5.41, 5.74) is 4.11. The van der Waals surface area contributed by atoms with Crippen LogP contribution in [0.15, 0.2) is 60.2 Å². The molecular weight excluding hydrogens is 321 g/mol. The van der Waals surface area contributed by atoms with Gasteiger partial charge in [-0.05, 0) is 42.3 Å². The fourth-order valence-corrected chi connectivity index (χ4v) is 3.59. The Kier molecular flexibility index (Phi) is 3.70. The number of hydrogen-bond donors (Lipinski definition) is 1. The van der Waals surface area contributed by atoms with E-state index in [0.29, 0.717) is 0 Å². The van der Waals surface area contributed by atoms with Crippen molar-refractivity contribution in [2.24, 2.45) is 0 Å².